The molecule has 18 heavy (non-hydrogen) atoms. The molecule has 1 aliphatic carbocycles. The highest BCUT2D eigenvalue weighted by molar-refractivity contribution is 7.13. The first kappa shape index (κ1) is 13.0. The minimum absolute atomic E-state index is 0.0224. The van der Waals surface area contributed by atoms with E-state index >= 15 is 0 Å². The van der Waals surface area contributed by atoms with Crippen LogP contribution in [0.15, 0.2) is 6.20 Å². The summed E-state index contributed by atoms with van der Waals surface area (Å²) in [6.45, 7) is 1.99. The summed E-state index contributed by atoms with van der Waals surface area (Å²) in [7, 11) is 0. The van der Waals surface area contributed by atoms with Crippen molar-refractivity contribution >= 4 is 23.2 Å². The van der Waals surface area contributed by atoms with Gasteiger partial charge in [0.1, 0.15) is 4.88 Å². The summed E-state index contributed by atoms with van der Waals surface area (Å²) in [4.78, 5) is 27.5. The predicted octanol–water partition coefficient (Wildman–Crippen LogP) is 1.69. The van der Waals surface area contributed by atoms with Gasteiger partial charge in [-0.1, -0.05) is 6.92 Å². The molecule has 2 N–H and O–H groups in total. The summed E-state index contributed by atoms with van der Waals surface area (Å²) < 4.78 is 0. The van der Waals surface area contributed by atoms with Crippen molar-refractivity contribution in [2.75, 3.05) is 0 Å². The molecule has 1 saturated carbocycles. The molecular formula is C12H16N2O3S. The second-order valence-electron chi connectivity index (χ2n) is 4.49. The van der Waals surface area contributed by atoms with Gasteiger partial charge in [0.2, 0.25) is 0 Å². The lowest BCUT2D eigenvalue weighted by Crippen LogP contribution is -2.32. The monoisotopic (exact) mass is 268 g/mol. The number of carbonyl (C=O) groups excluding carboxylic acids is 1. The van der Waals surface area contributed by atoms with Crippen LogP contribution in [-0.4, -0.2) is 28.0 Å². The maximum atomic E-state index is 11.9. The zero-order valence-electron chi connectivity index (χ0n) is 10.2. The molecular weight excluding hydrogens is 252 g/mol. The van der Waals surface area contributed by atoms with E-state index < -0.39 is 5.97 Å². The number of hydrogen-bond donors (Lipinski definition) is 2. The molecule has 6 heteroatoms. The summed E-state index contributed by atoms with van der Waals surface area (Å²) >= 11 is 1.39. The van der Waals surface area contributed by atoms with E-state index in [1.165, 1.54) is 11.3 Å². The second-order valence-corrected chi connectivity index (χ2v) is 5.61. The van der Waals surface area contributed by atoms with Crippen molar-refractivity contribution < 1.29 is 14.7 Å². The van der Waals surface area contributed by atoms with E-state index in [0.717, 1.165) is 17.8 Å². The Kier molecular flexibility index (Phi) is 3.96. The molecule has 2 atom stereocenters. The molecule has 0 radical (unpaired) electrons. The SMILES string of the molecule is CCc1ncc(C(=O)N[C@@H]2CC[C@@H](C(=O)O)C2)s1. The minimum Gasteiger partial charge on any atom is -0.481 e. The number of aryl methyl sites for hydroxylation is 1. The van der Waals surface area contributed by atoms with Gasteiger partial charge in [0, 0.05) is 6.04 Å². The van der Waals surface area contributed by atoms with Crippen molar-refractivity contribution in [3.63, 3.8) is 0 Å². The Hall–Kier alpha value is -1.43. The highest BCUT2D eigenvalue weighted by Gasteiger charge is 2.30. The minimum atomic E-state index is -0.766. The maximum Gasteiger partial charge on any atom is 0.306 e. The van der Waals surface area contributed by atoms with Gasteiger partial charge in [-0.25, -0.2) is 4.98 Å². The topological polar surface area (TPSA) is 79.3 Å². The van der Waals surface area contributed by atoms with Crippen LogP contribution >= 0.6 is 11.3 Å². The van der Waals surface area contributed by atoms with Crippen LogP contribution in [-0.2, 0) is 11.2 Å². The van der Waals surface area contributed by atoms with Crippen LogP contribution in [0.2, 0.25) is 0 Å². The van der Waals surface area contributed by atoms with E-state index in [0.29, 0.717) is 17.7 Å². The standard InChI is InChI=1S/C12H16N2O3S/c1-2-10-13-6-9(18-10)11(15)14-8-4-3-7(5-8)12(16)17/h6-8H,2-5H2,1H3,(H,14,15)(H,16,17)/t7-,8-/m1/s1. The van der Waals surface area contributed by atoms with Gasteiger partial charge in [-0.2, -0.15) is 0 Å². The lowest BCUT2D eigenvalue weighted by molar-refractivity contribution is -0.141. The van der Waals surface area contributed by atoms with Gasteiger partial charge in [0.15, 0.2) is 0 Å². The lowest BCUT2D eigenvalue weighted by Gasteiger charge is -2.10. The van der Waals surface area contributed by atoms with E-state index in [2.05, 4.69) is 10.3 Å². The zero-order valence-corrected chi connectivity index (χ0v) is 11.0. The van der Waals surface area contributed by atoms with Crippen molar-refractivity contribution in [3.8, 4) is 0 Å². The first-order chi connectivity index (χ1) is 8.60. The van der Waals surface area contributed by atoms with E-state index in [9.17, 15) is 9.59 Å². The van der Waals surface area contributed by atoms with Gasteiger partial charge < -0.3 is 10.4 Å². The van der Waals surface area contributed by atoms with Crippen LogP contribution in [0.1, 0.15) is 40.9 Å². The first-order valence-electron chi connectivity index (χ1n) is 6.08. The van der Waals surface area contributed by atoms with Crippen LogP contribution in [0.3, 0.4) is 0 Å². The van der Waals surface area contributed by atoms with Crippen molar-refractivity contribution in [3.05, 3.63) is 16.1 Å². The Morgan fingerprint density at radius 1 is 1.56 bits per heavy atom. The normalized spacial score (nSPS) is 22.9. The van der Waals surface area contributed by atoms with Crippen LogP contribution in [0.5, 0.6) is 0 Å². The molecule has 0 unspecified atom stereocenters. The Bertz CT molecular complexity index is 458. The number of carbonyl (C=O) groups is 2. The smallest absolute Gasteiger partial charge is 0.306 e. The number of aliphatic carboxylic acids is 1. The number of thiazole rings is 1. The van der Waals surface area contributed by atoms with Gasteiger partial charge in [-0.15, -0.1) is 11.3 Å². The largest absolute Gasteiger partial charge is 0.481 e. The number of aromatic nitrogens is 1. The molecule has 1 fully saturated rings. The van der Waals surface area contributed by atoms with Crippen LogP contribution in [0.25, 0.3) is 0 Å². The Morgan fingerprint density at radius 3 is 2.89 bits per heavy atom. The summed E-state index contributed by atoms with van der Waals surface area (Å²) in [5.41, 5.74) is 0. The molecule has 2 rings (SSSR count). The van der Waals surface area contributed by atoms with Crippen molar-refractivity contribution in [1.29, 1.82) is 0 Å². The van der Waals surface area contributed by atoms with E-state index in [1.807, 2.05) is 6.92 Å². The van der Waals surface area contributed by atoms with E-state index in [1.54, 1.807) is 6.20 Å². The van der Waals surface area contributed by atoms with Crippen molar-refractivity contribution in [2.45, 2.75) is 38.6 Å². The van der Waals surface area contributed by atoms with Crippen LogP contribution in [0, 0.1) is 5.92 Å². The number of rotatable bonds is 4. The van der Waals surface area contributed by atoms with Gasteiger partial charge in [0.05, 0.1) is 17.1 Å². The molecule has 1 amide bonds. The average Bonchev–Trinajstić information content (AvgIpc) is 2.96. The Morgan fingerprint density at radius 2 is 2.33 bits per heavy atom. The molecule has 0 bridgehead atoms. The summed E-state index contributed by atoms with van der Waals surface area (Å²) in [5.74, 6) is -1.22. The molecule has 0 aromatic carbocycles. The number of hydrogen-bond acceptors (Lipinski definition) is 4. The second kappa shape index (κ2) is 5.48. The molecule has 0 aliphatic heterocycles. The van der Waals surface area contributed by atoms with Crippen molar-refractivity contribution in [2.24, 2.45) is 5.92 Å². The predicted molar refractivity (Wildman–Crippen MR) is 67.7 cm³/mol. The number of nitrogens with one attached hydrogen (secondary N) is 1. The molecule has 5 nitrogen and oxygen atoms in total. The van der Waals surface area contributed by atoms with Gasteiger partial charge in [-0.05, 0) is 25.7 Å². The molecule has 98 valence electrons. The highest BCUT2D eigenvalue weighted by atomic mass is 32.1. The number of carboxylic acid groups (broad SMARTS) is 1. The van der Waals surface area contributed by atoms with Gasteiger partial charge >= 0.3 is 5.97 Å². The number of carboxylic acids is 1. The summed E-state index contributed by atoms with van der Waals surface area (Å²) in [6.07, 6.45) is 4.32. The lowest BCUT2D eigenvalue weighted by atomic mass is 10.1. The fourth-order valence-corrected chi connectivity index (χ4v) is 2.93. The van der Waals surface area contributed by atoms with Crippen LogP contribution in [0.4, 0.5) is 0 Å². The zero-order chi connectivity index (χ0) is 13.1. The van der Waals surface area contributed by atoms with E-state index in [4.69, 9.17) is 5.11 Å². The van der Waals surface area contributed by atoms with Gasteiger partial charge in [0.25, 0.3) is 5.91 Å². The number of amides is 1. The fraction of sp³-hybridized carbons (Fsp3) is 0.583. The maximum absolute atomic E-state index is 11.9. The summed E-state index contributed by atoms with van der Waals surface area (Å²) in [5, 5.41) is 12.7. The van der Waals surface area contributed by atoms with Crippen molar-refractivity contribution in [1.82, 2.24) is 10.3 Å². The molecule has 1 heterocycles. The fourth-order valence-electron chi connectivity index (χ4n) is 2.17. The molecule has 1 aromatic heterocycles. The Labute approximate surface area is 109 Å². The van der Waals surface area contributed by atoms with Gasteiger partial charge in [-0.3, -0.25) is 9.59 Å². The molecule has 1 aromatic rings. The summed E-state index contributed by atoms with van der Waals surface area (Å²) in [6, 6.07) is -0.0224. The third-order valence-corrected chi connectivity index (χ3v) is 4.34. The molecule has 1 aliphatic rings. The molecule has 0 saturated heterocycles. The van der Waals surface area contributed by atoms with E-state index in [-0.39, 0.29) is 17.9 Å². The average molecular weight is 268 g/mol. The van der Waals surface area contributed by atoms with Crippen LogP contribution < -0.4 is 5.32 Å². The quantitative estimate of drug-likeness (QED) is 0.871. The molecule has 0 spiro atoms. The number of nitrogens with zero attached hydrogens (tertiary/aromatic N) is 1. The third-order valence-electron chi connectivity index (χ3n) is 3.20. The highest BCUT2D eigenvalue weighted by Crippen LogP contribution is 2.26. The first-order valence-corrected chi connectivity index (χ1v) is 6.90. The Balaban J connectivity index is 1.90. The third kappa shape index (κ3) is 2.87.